The Morgan fingerprint density at radius 3 is 2.94 bits per heavy atom. The molecule has 3 nitrogen and oxygen atoms in total. The summed E-state index contributed by atoms with van der Waals surface area (Å²) in [7, 11) is 0. The van der Waals surface area contributed by atoms with Gasteiger partial charge >= 0.3 is 0 Å². The number of aliphatic hydroxyl groups is 1. The summed E-state index contributed by atoms with van der Waals surface area (Å²) >= 11 is 5.84. The highest BCUT2D eigenvalue weighted by atomic mass is 35.5. The molecule has 0 aliphatic rings. The van der Waals surface area contributed by atoms with Crippen molar-refractivity contribution >= 4 is 11.6 Å². The van der Waals surface area contributed by atoms with Crippen LogP contribution in [0.25, 0.3) is 0 Å². The summed E-state index contributed by atoms with van der Waals surface area (Å²) in [5, 5.41) is 9.71. The molecule has 16 heavy (non-hydrogen) atoms. The molecule has 0 saturated heterocycles. The van der Waals surface area contributed by atoms with Gasteiger partial charge in [0.1, 0.15) is 11.5 Å². The molecule has 0 atom stereocenters. The van der Waals surface area contributed by atoms with E-state index in [0.29, 0.717) is 22.1 Å². The van der Waals surface area contributed by atoms with Crippen LogP contribution in [0.3, 0.4) is 0 Å². The summed E-state index contributed by atoms with van der Waals surface area (Å²) < 4.78 is 5.60. The van der Waals surface area contributed by atoms with E-state index in [1.54, 1.807) is 42.7 Å². The highest BCUT2D eigenvalue weighted by molar-refractivity contribution is 6.30. The summed E-state index contributed by atoms with van der Waals surface area (Å²) in [5.41, 5.74) is 0.641. The van der Waals surface area contributed by atoms with Crippen LogP contribution >= 0.6 is 11.6 Å². The van der Waals surface area contributed by atoms with E-state index in [-0.39, 0.29) is 6.61 Å². The Balaban J connectivity index is 2.26. The van der Waals surface area contributed by atoms with Gasteiger partial charge in [-0.25, -0.2) is 0 Å². The average molecular weight is 236 g/mol. The van der Waals surface area contributed by atoms with Crippen LogP contribution < -0.4 is 4.74 Å². The second-order valence-electron chi connectivity index (χ2n) is 3.20. The normalized spacial score (nSPS) is 10.1. The molecular formula is C12H10ClNO2. The molecule has 0 aliphatic carbocycles. The third kappa shape index (κ3) is 2.51. The molecule has 4 heteroatoms. The third-order valence-corrected chi connectivity index (χ3v) is 2.29. The van der Waals surface area contributed by atoms with Gasteiger partial charge in [0.05, 0.1) is 6.61 Å². The number of aromatic nitrogens is 1. The number of hydrogen-bond acceptors (Lipinski definition) is 3. The molecule has 1 aromatic heterocycles. The fourth-order valence-corrected chi connectivity index (χ4v) is 1.47. The maximum Gasteiger partial charge on any atom is 0.136 e. The van der Waals surface area contributed by atoms with Crippen LogP contribution in [-0.4, -0.2) is 10.1 Å². The fourth-order valence-electron chi connectivity index (χ4n) is 1.29. The predicted molar refractivity (Wildman–Crippen MR) is 61.7 cm³/mol. The molecule has 0 fully saturated rings. The summed E-state index contributed by atoms with van der Waals surface area (Å²) in [5.74, 6) is 1.22. The molecule has 0 aliphatic heterocycles. The smallest absolute Gasteiger partial charge is 0.136 e. The number of hydrogen-bond donors (Lipinski definition) is 1. The van der Waals surface area contributed by atoms with Gasteiger partial charge in [0.25, 0.3) is 0 Å². The van der Waals surface area contributed by atoms with E-state index in [1.165, 1.54) is 0 Å². The predicted octanol–water partition coefficient (Wildman–Crippen LogP) is 3.02. The Kier molecular flexibility index (Phi) is 3.39. The second kappa shape index (κ2) is 4.96. The molecule has 0 spiro atoms. The lowest BCUT2D eigenvalue weighted by atomic mass is 10.2. The van der Waals surface area contributed by atoms with Crippen LogP contribution in [0.5, 0.6) is 11.5 Å². The summed E-state index contributed by atoms with van der Waals surface area (Å²) in [6, 6.07) is 8.79. The molecule has 0 amide bonds. The van der Waals surface area contributed by atoms with Gasteiger partial charge in [-0.3, -0.25) is 4.98 Å². The fraction of sp³-hybridized carbons (Fsp3) is 0.0833. The van der Waals surface area contributed by atoms with Crippen LogP contribution in [0.2, 0.25) is 5.02 Å². The molecule has 0 unspecified atom stereocenters. The number of nitrogens with zero attached hydrogens (tertiary/aromatic N) is 1. The number of halogens is 1. The van der Waals surface area contributed by atoms with Gasteiger partial charge in [-0.15, -0.1) is 0 Å². The van der Waals surface area contributed by atoms with Crippen molar-refractivity contribution in [1.29, 1.82) is 0 Å². The maximum absolute atomic E-state index is 9.10. The highest BCUT2D eigenvalue weighted by Crippen LogP contribution is 2.26. The molecule has 0 radical (unpaired) electrons. The topological polar surface area (TPSA) is 42.4 Å². The van der Waals surface area contributed by atoms with E-state index in [0.717, 1.165) is 0 Å². The van der Waals surface area contributed by atoms with E-state index in [4.69, 9.17) is 21.4 Å². The van der Waals surface area contributed by atoms with E-state index in [1.807, 2.05) is 0 Å². The molecule has 82 valence electrons. The van der Waals surface area contributed by atoms with Crippen LogP contribution in [0.1, 0.15) is 5.56 Å². The number of aliphatic hydroxyl groups excluding tert-OH is 1. The first-order valence-corrected chi connectivity index (χ1v) is 5.14. The van der Waals surface area contributed by atoms with Crippen molar-refractivity contribution in [2.45, 2.75) is 6.61 Å². The number of ether oxygens (including phenoxy) is 1. The van der Waals surface area contributed by atoms with Gasteiger partial charge in [-0.1, -0.05) is 17.7 Å². The highest BCUT2D eigenvalue weighted by Gasteiger charge is 2.03. The zero-order chi connectivity index (χ0) is 11.4. The van der Waals surface area contributed by atoms with Crippen molar-refractivity contribution in [3.8, 4) is 11.5 Å². The number of pyridine rings is 1. The van der Waals surface area contributed by atoms with Crippen molar-refractivity contribution in [2.24, 2.45) is 0 Å². The first kappa shape index (κ1) is 10.9. The Morgan fingerprint density at radius 1 is 1.31 bits per heavy atom. The lowest BCUT2D eigenvalue weighted by molar-refractivity contribution is 0.276. The van der Waals surface area contributed by atoms with Crippen molar-refractivity contribution in [3.63, 3.8) is 0 Å². The van der Waals surface area contributed by atoms with Gasteiger partial charge in [0.15, 0.2) is 0 Å². The molecule has 0 bridgehead atoms. The number of rotatable bonds is 3. The molecule has 1 N–H and O–H groups in total. The second-order valence-corrected chi connectivity index (χ2v) is 3.64. The van der Waals surface area contributed by atoms with E-state index < -0.39 is 0 Å². The summed E-state index contributed by atoms with van der Waals surface area (Å²) in [4.78, 5) is 3.91. The Bertz CT molecular complexity index is 488. The standard InChI is InChI=1S/C12H10ClNO2/c13-10-2-1-3-11(6-10)16-12-4-5-14-7-9(12)8-15/h1-7,15H,8H2. The first-order valence-electron chi connectivity index (χ1n) is 4.77. The van der Waals surface area contributed by atoms with Crippen molar-refractivity contribution in [3.05, 3.63) is 53.3 Å². The Labute approximate surface area is 98.3 Å². The van der Waals surface area contributed by atoms with Crippen LogP contribution in [0.4, 0.5) is 0 Å². The Morgan fingerprint density at radius 2 is 2.19 bits per heavy atom. The van der Waals surface area contributed by atoms with Crippen molar-refractivity contribution < 1.29 is 9.84 Å². The SMILES string of the molecule is OCc1cnccc1Oc1cccc(Cl)c1. The summed E-state index contributed by atoms with van der Waals surface area (Å²) in [6.07, 6.45) is 3.18. The van der Waals surface area contributed by atoms with E-state index in [2.05, 4.69) is 4.98 Å². The third-order valence-electron chi connectivity index (χ3n) is 2.05. The minimum Gasteiger partial charge on any atom is -0.457 e. The molecule has 2 aromatic rings. The minimum absolute atomic E-state index is 0.107. The largest absolute Gasteiger partial charge is 0.457 e. The van der Waals surface area contributed by atoms with Crippen LogP contribution in [0.15, 0.2) is 42.7 Å². The quantitative estimate of drug-likeness (QED) is 0.889. The van der Waals surface area contributed by atoms with Gasteiger partial charge in [0, 0.05) is 23.0 Å². The zero-order valence-corrected chi connectivity index (χ0v) is 9.19. The first-order chi connectivity index (χ1) is 7.79. The average Bonchev–Trinajstić information content (AvgIpc) is 2.30. The van der Waals surface area contributed by atoms with Gasteiger partial charge < -0.3 is 9.84 Å². The monoisotopic (exact) mass is 235 g/mol. The lowest BCUT2D eigenvalue weighted by Crippen LogP contribution is -1.92. The van der Waals surface area contributed by atoms with Gasteiger partial charge in [0.2, 0.25) is 0 Å². The van der Waals surface area contributed by atoms with Crippen LogP contribution in [-0.2, 0) is 6.61 Å². The van der Waals surface area contributed by atoms with Gasteiger partial charge in [-0.05, 0) is 24.3 Å². The lowest BCUT2D eigenvalue weighted by Gasteiger charge is -2.08. The van der Waals surface area contributed by atoms with E-state index >= 15 is 0 Å². The molecule has 1 heterocycles. The van der Waals surface area contributed by atoms with E-state index in [9.17, 15) is 0 Å². The molecule has 1 aromatic carbocycles. The van der Waals surface area contributed by atoms with Crippen molar-refractivity contribution in [1.82, 2.24) is 4.98 Å². The summed E-state index contributed by atoms with van der Waals surface area (Å²) in [6.45, 7) is -0.107. The minimum atomic E-state index is -0.107. The van der Waals surface area contributed by atoms with Gasteiger partial charge in [-0.2, -0.15) is 0 Å². The number of benzene rings is 1. The maximum atomic E-state index is 9.10. The molecular weight excluding hydrogens is 226 g/mol. The van der Waals surface area contributed by atoms with Crippen LogP contribution in [0, 0.1) is 0 Å². The van der Waals surface area contributed by atoms with Crippen molar-refractivity contribution in [2.75, 3.05) is 0 Å². The molecule has 0 saturated carbocycles. The Hall–Kier alpha value is -1.58. The zero-order valence-electron chi connectivity index (χ0n) is 8.43. The molecule has 2 rings (SSSR count).